The lowest BCUT2D eigenvalue weighted by Crippen LogP contribution is -2.10. The highest BCUT2D eigenvalue weighted by atomic mass is 32.2. The van der Waals surface area contributed by atoms with Gasteiger partial charge in [-0.2, -0.15) is 11.3 Å². The number of rotatable bonds is 7. The molecule has 0 unspecified atom stereocenters. The predicted molar refractivity (Wildman–Crippen MR) is 84.9 cm³/mol. The molecule has 0 amide bonds. The van der Waals surface area contributed by atoms with Gasteiger partial charge in [0, 0.05) is 18.0 Å². The minimum Gasteiger partial charge on any atom is -0.371 e. The van der Waals surface area contributed by atoms with E-state index in [4.69, 9.17) is 0 Å². The Morgan fingerprint density at radius 3 is 2.76 bits per heavy atom. The van der Waals surface area contributed by atoms with Crippen molar-refractivity contribution in [3.63, 3.8) is 0 Å². The van der Waals surface area contributed by atoms with E-state index in [9.17, 15) is 18.5 Å². The first-order valence-electron chi connectivity index (χ1n) is 6.01. The lowest BCUT2D eigenvalue weighted by atomic mass is 10.4. The maximum absolute atomic E-state index is 12.2. The average molecular weight is 347 g/mol. The van der Waals surface area contributed by atoms with Crippen LogP contribution in [0.5, 0.6) is 0 Å². The fraction of sp³-hybridized carbons (Fsp3) is 0.273. The van der Waals surface area contributed by atoms with Crippen LogP contribution in [-0.4, -0.2) is 19.9 Å². The van der Waals surface area contributed by atoms with Crippen LogP contribution in [0.25, 0.3) is 0 Å². The monoisotopic (exact) mass is 347 g/mol. The van der Waals surface area contributed by atoms with Crippen molar-refractivity contribution in [2.75, 3.05) is 16.6 Å². The molecule has 7 nitrogen and oxygen atoms in total. The normalized spacial score (nSPS) is 11.3. The second kappa shape index (κ2) is 6.41. The van der Waals surface area contributed by atoms with E-state index < -0.39 is 14.9 Å². The number of anilines is 2. The fourth-order valence-electron chi connectivity index (χ4n) is 1.52. The number of hydrogen-bond acceptors (Lipinski definition) is 7. The Balaban J connectivity index is 2.32. The summed E-state index contributed by atoms with van der Waals surface area (Å²) in [7, 11) is -3.81. The molecule has 0 aliphatic carbocycles. The first-order chi connectivity index (χ1) is 9.94. The van der Waals surface area contributed by atoms with Gasteiger partial charge in [-0.25, -0.2) is 8.42 Å². The lowest BCUT2D eigenvalue weighted by molar-refractivity contribution is -0.383. The van der Waals surface area contributed by atoms with Crippen molar-refractivity contribution >= 4 is 49.1 Å². The molecular weight excluding hydrogens is 334 g/mol. The van der Waals surface area contributed by atoms with Crippen molar-refractivity contribution in [3.05, 3.63) is 33.0 Å². The summed E-state index contributed by atoms with van der Waals surface area (Å²) in [5.74, 6) is 0. The van der Waals surface area contributed by atoms with Gasteiger partial charge in [-0.1, -0.05) is 18.3 Å². The van der Waals surface area contributed by atoms with Crippen molar-refractivity contribution in [3.8, 4) is 0 Å². The van der Waals surface area contributed by atoms with Gasteiger partial charge >= 0.3 is 5.69 Å². The SMILES string of the molecule is CCCNc1sc(S(=O)(=O)Nc2ccsc2)cc1[N+](=O)[O-]. The molecule has 0 fully saturated rings. The van der Waals surface area contributed by atoms with Crippen LogP contribution in [0.4, 0.5) is 16.4 Å². The molecule has 0 aromatic carbocycles. The third-order valence-electron chi connectivity index (χ3n) is 2.46. The van der Waals surface area contributed by atoms with Gasteiger partial charge in [-0.15, -0.1) is 0 Å². The van der Waals surface area contributed by atoms with E-state index in [1.54, 1.807) is 16.8 Å². The third-order valence-corrected chi connectivity index (χ3v) is 6.08. The lowest BCUT2D eigenvalue weighted by Gasteiger charge is -2.02. The highest BCUT2D eigenvalue weighted by Crippen LogP contribution is 2.37. The second-order valence-corrected chi connectivity index (χ2v) is 7.82. The summed E-state index contributed by atoms with van der Waals surface area (Å²) in [6, 6.07) is 2.71. The van der Waals surface area contributed by atoms with E-state index in [1.165, 1.54) is 11.3 Å². The van der Waals surface area contributed by atoms with Crippen LogP contribution in [0.15, 0.2) is 27.1 Å². The largest absolute Gasteiger partial charge is 0.371 e. The quantitative estimate of drug-likeness (QED) is 0.591. The molecule has 114 valence electrons. The van der Waals surface area contributed by atoms with Gasteiger partial charge < -0.3 is 5.32 Å². The number of hydrogen-bond donors (Lipinski definition) is 2. The van der Waals surface area contributed by atoms with E-state index in [0.29, 0.717) is 12.2 Å². The Hall–Kier alpha value is -1.65. The Labute approximate surface area is 129 Å². The van der Waals surface area contributed by atoms with E-state index >= 15 is 0 Å². The number of nitrogens with zero attached hydrogens (tertiary/aromatic N) is 1. The van der Waals surface area contributed by atoms with Gasteiger partial charge in [-0.3, -0.25) is 14.8 Å². The number of nitro groups is 1. The standard InChI is InChI=1S/C11H13N3O4S3/c1-2-4-12-11-9(14(15)16)6-10(20-11)21(17,18)13-8-3-5-19-7-8/h3,5-7,12-13H,2,4H2,1H3. The Morgan fingerprint density at radius 1 is 1.43 bits per heavy atom. The number of nitrogens with one attached hydrogen (secondary N) is 2. The first-order valence-corrected chi connectivity index (χ1v) is 9.25. The maximum Gasteiger partial charge on any atom is 0.304 e. The molecule has 2 rings (SSSR count). The van der Waals surface area contributed by atoms with Gasteiger partial charge in [0.25, 0.3) is 10.0 Å². The topological polar surface area (TPSA) is 101 Å². The molecule has 0 atom stereocenters. The molecule has 2 aromatic heterocycles. The summed E-state index contributed by atoms with van der Waals surface area (Å²) in [6.07, 6.45) is 0.782. The zero-order chi connectivity index (χ0) is 15.5. The van der Waals surface area contributed by atoms with Crippen LogP contribution in [-0.2, 0) is 10.0 Å². The number of thiophene rings is 2. The summed E-state index contributed by atoms with van der Waals surface area (Å²) in [6.45, 7) is 2.46. The van der Waals surface area contributed by atoms with Gasteiger partial charge in [0.15, 0.2) is 5.00 Å². The molecule has 0 saturated carbocycles. The number of sulfonamides is 1. The maximum atomic E-state index is 12.2. The van der Waals surface area contributed by atoms with E-state index in [2.05, 4.69) is 10.0 Å². The van der Waals surface area contributed by atoms with Crippen molar-refractivity contribution in [1.82, 2.24) is 0 Å². The third kappa shape index (κ3) is 3.71. The second-order valence-electron chi connectivity index (χ2n) is 4.08. The van der Waals surface area contributed by atoms with Gasteiger partial charge in [0.05, 0.1) is 10.6 Å². The molecule has 10 heteroatoms. The molecule has 0 aliphatic rings. The molecule has 2 aromatic rings. The zero-order valence-corrected chi connectivity index (χ0v) is 13.5. The zero-order valence-electron chi connectivity index (χ0n) is 11.0. The summed E-state index contributed by atoms with van der Waals surface area (Å²) >= 11 is 2.21. The predicted octanol–water partition coefficient (Wildman–Crippen LogP) is 3.34. The van der Waals surface area contributed by atoms with Crippen LogP contribution in [0.3, 0.4) is 0 Å². The van der Waals surface area contributed by atoms with Crippen LogP contribution >= 0.6 is 22.7 Å². The smallest absolute Gasteiger partial charge is 0.304 e. The van der Waals surface area contributed by atoms with E-state index in [0.717, 1.165) is 23.8 Å². The van der Waals surface area contributed by atoms with Crippen molar-refractivity contribution in [1.29, 1.82) is 0 Å². The molecular formula is C11H13N3O4S3. The molecule has 0 bridgehead atoms. The van der Waals surface area contributed by atoms with Crippen molar-refractivity contribution < 1.29 is 13.3 Å². The van der Waals surface area contributed by atoms with Gasteiger partial charge in [0.1, 0.15) is 4.21 Å². The van der Waals surface area contributed by atoms with E-state index in [-0.39, 0.29) is 14.9 Å². The summed E-state index contributed by atoms with van der Waals surface area (Å²) < 4.78 is 26.7. The molecule has 21 heavy (non-hydrogen) atoms. The summed E-state index contributed by atoms with van der Waals surface area (Å²) in [4.78, 5) is 10.4. The minimum atomic E-state index is -3.81. The summed E-state index contributed by atoms with van der Waals surface area (Å²) in [5, 5.41) is 17.5. The molecule has 2 N–H and O–H groups in total. The van der Waals surface area contributed by atoms with Crippen molar-refractivity contribution in [2.45, 2.75) is 17.6 Å². The molecule has 0 radical (unpaired) electrons. The van der Waals surface area contributed by atoms with Crippen LogP contribution in [0.1, 0.15) is 13.3 Å². The van der Waals surface area contributed by atoms with Gasteiger partial charge in [-0.05, 0) is 17.9 Å². The Morgan fingerprint density at radius 2 is 2.19 bits per heavy atom. The van der Waals surface area contributed by atoms with E-state index in [1.807, 2.05) is 6.92 Å². The molecule has 0 spiro atoms. The first kappa shape index (κ1) is 15.7. The molecule has 2 heterocycles. The fourth-order valence-corrected chi connectivity index (χ4v) is 4.59. The Kier molecular flexibility index (Phi) is 4.80. The Bertz CT molecular complexity index is 722. The van der Waals surface area contributed by atoms with Gasteiger partial charge in [0.2, 0.25) is 0 Å². The minimum absolute atomic E-state index is 0.0843. The van der Waals surface area contributed by atoms with Crippen LogP contribution in [0.2, 0.25) is 0 Å². The molecule has 0 saturated heterocycles. The average Bonchev–Trinajstić information content (AvgIpc) is 3.04. The molecule has 0 aliphatic heterocycles. The van der Waals surface area contributed by atoms with Crippen LogP contribution in [0, 0.1) is 10.1 Å². The van der Waals surface area contributed by atoms with Crippen LogP contribution < -0.4 is 10.0 Å². The highest BCUT2D eigenvalue weighted by Gasteiger charge is 2.26. The summed E-state index contributed by atoms with van der Waals surface area (Å²) in [5.41, 5.74) is 0.221. The van der Waals surface area contributed by atoms with Crippen molar-refractivity contribution in [2.24, 2.45) is 0 Å². The highest BCUT2D eigenvalue weighted by molar-refractivity contribution is 7.94.